The average Bonchev–Trinajstić information content (AvgIpc) is 2.55. The first-order chi connectivity index (χ1) is 11.4. The number of carbonyl (C=O) groups excluding carboxylic acids is 2. The smallest absolute Gasteiger partial charge is 0.258 e. The lowest BCUT2D eigenvalue weighted by Crippen LogP contribution is -2.57. The number of aromatic nitrogens is 2. The number of benzene rings is 1. The normalized spacial score (nSPS) is 19.8. The maximum atomic E-state index is 12.2. The summed E-state index contributed by atoms with van der Waals surface area (Å²) >= 11 is 1.44. The first kappa shape index (κ1) is 16.5. The van der Waals surface area contributed by atoms with Gasteiger partial charge >= 0.3 is 0 Å². The third-order valence-corrected chi connectivity index (χ3v) is 5.28. The predicted molar refractivity (Wildman–Crippen MR) is 92.7 cm³/mol. The van der Waals surface area contributed by atoms with E-state index in [2.05, 4.69) is 20.6 Å². The molecule has 3 rings (SSSR count). The molecule has 1 saturated heterocycles. The van der Waals surface area contributed by atoms with Crippen LogP contribution < -0.4 is 16.2 Å². The fourth-order valence-corrected chi connectivity index (χ4v) is 3.39. The summed E-state index contributed by atoms with van der Waals surface area (Å²) in [6.45, 7) is 3.75. The Hall–Kier alpha value is -2.35. The second-order valence-corrected chi connectivity index (χ2v) is 7.74. The molecule has 0 aliphatic carbocycles. The van der Waals surface area contributed by atoms with Gasteiger partial charge in [-0.2, -0.15) is 0 Å². The van der Waals surface area contributed by atoms with E-state index in [-0.39, 0.29) is 23.9 Å². The maximum absolute atomic E-state index is 12.2. The molecule has 0 saturated carbocycles. The first-order valence-electron chi connectivity index (χ1n) is 7.57. The molecule has 1 atom stereocenters. The Kier molecular flexibility index (Phi) is 4.31. The fourth-order valence-electron chi connectivity index (χ4n) is 2.38. The van der Waals surface area contributed by atoms with Crippen molar-refractivity contribution in [2.24, 2.45) is 0 Å². The molecule has 1 aromatic heterocycles. The molecule has 1 aliphatic heterocycles. The largest absolute Gasteiger partial charge is 0.347 e. The SMILES string of the molecule is CC1(C)SC[C@H](C(=O)NCc2nc3ccccc3c(=O)[nH]2)NC1=O. The molecular formula is C16H18N4O3S. The van der Waals surface area contributed by atoms with Crippen LogP contribution >= 0.6 is 11.8 Å². The summed E-state index contributed by atoms with van der Waals surface area (Å²) in [5, 5.41) is 5.93. The Morgan fingerprint density at radius 1 is 1.38 bits per heavy atom. The van der Waals surface area contributed by atoms with Crippen molar-refractivity contribution < 1.29 is 9.59 Å². The lowest BCUT2D eigenvalue weighted by molar-refractivity contribution is -0.129. The number of hydrogen-bond acceptors (Lipinski definition) is 5. The molecule has 0 bridgehead atoms. The quantitative estimate of drug-likeness (QED) is 0.753. The summed E-state index contributed by atoms with van der Waals surface area (Å²) in [5.74, 6) is 0.437. The molecule has 126 valence electrons. The highest BCUT2D eigenvalue weighted by Crippen LogP contribution is 2.28. The standard InChI is InChI=1S/C16H18N4O3S/c1-16(2)15(23)19-11(8-24-16)14(22)17-7-12-18-10-6-4-3-5-9(10)13(21)20-12/h3-6,11H,7-8H2,1-2H3,(H,17,22)(H,19,23)(H,18,20,21)/t11-/m1/s1. The molecule has 2 heterocycles. The highest BCUT2D eigenvalue weighted by Gasteiger charge is 2.37. The van der Waals surface area contributed by atoms with Crippen molar-refractivity contribution in [2.45, 2.75) is 31.2 Å². The van der Waals surface area contributed by atoms with Crippen molar-refractivity contribution >= 4 is 34.5 Å². The molecular weight excluding hydrogens is 328 g/mol. The molecule has 1 fully saturated rings. The molecule has 24 heavy (non-hydrogen) atoms. The van der Waals surface area contributed by atoms with Crippen molar-refractivity contribution in [3.05, 3.63) is 40.4 Å². The van der Waals surface area contributed by atoms with Crippen LogP contribution in [0, 0.1) is 0 Å². The zero-order valence-corrected chi connectivity index (χ0v) is 14.2. The van der Waals surface area contributed by atoms with E-state index in [1.807, 2.05) is 13.8 Å². The van der Waals surface area contributed by atoms with E-state index in [1.165, 1.54) is 11.8 Å². The van der Waals surface area contributed by atoms with Gasteiger partial charge in [-0.05, 0) is 26.0 Å². The van der Waals surface area contributed by atoms with Crippen molar-refractivity contribution in [1.29, 1.82) is 0 Å². The van der Waals surface area contributed by atoms with Crippen LogP contribution in [0.15, 0.2) is 29.1 Å². The number of fused-ring (bicyclic) bond motifs is 1. The Morgan fingerprint density at radius 2 is 2.12 bits per heavy atom. The summed E-state index contributed by atoms with van der Waals surface area (Å²) in [6.07, 6.45) is 0. The fraction of sp³-hybridized carbons (Fsp3) is 0.375. The van der Waals surface area contributed by atoms with Crippen LogP contribution in [0.4, 0.5) is 0 Å². The van der Waals surface area contributed by atoms with E-state index >= 15 is 0 Å². The Bertz CT molecular complexity index is 862. The number of rotatable bonds is 3. The van der Waals surface area contributed by atoms with Crippen LogP contribution in [0.25, 0.3) is 10.9 Å². The highest BCUT2D eigenvalue weighted by atomic mass is 32.2. The molecule has 1 aromatic carbocycles. The van der Waals surface area contributed by atoms with E-state index in [1.54, 1.807) is 24.3 Å². The molecule has 0 unspecified atom stereocenters. The van der Waals surface area contributed by atoms with Gasteiger partial charge in [0.15, 0.2) is 0 Å². The van der Waals surface area contributed by atoms with Gasteiger partial charge < -0.3 is 15.6 Å². The zero-order valence-electron chi connectivity index (χ0n) is 13.4. The molecule has 2 amide bonds. The Balaban J connectivity index is 1.67. The molecule has 0 radical (unpaired) electrons. The second-order valence-electron chi connectivity index (χ2n) is 6.09. The van der Waals surface area contributed by atoms with Gasteiger partial charge in [-0.15, -0.1) is 11.8 Å². The van der Waals surface area contributed by atoms with Crippen LogP contribution in [0.5, 0.6) is 0 Å². The van der Waals surface area contributed by atoms with Crippen LogP contribution in [0.3, 0.4) is 0 Å². The lowest BCUT2D eigenvalue weighted by Gasteiger charge is -2.32. The number of carbonyl (C=O) groups is 2. The number of nitrogens with one attached hydrogen (secondary N) is 3. The van der Waals surface area contributed by atoms with Gasteiger partial charge in [0, 0.05) is 5.75 Å². The van der Waals surface area contributed by atoms with Gasteiger partial charge in [-0.25, -0.2) is 4.98 Å². The van der Waals surface area contributed by atoms with Crippen molar-refractivity contribution in [3.63, 3.8) is 0 Å². The molecule has 2 aromatic rings. The minimum absolute atomic E-state index is 0.0966. The van der Waals surface area contributed by atoms with E-state index in [4.69, 9.17) is 0 Å². The van der Waals surface area contributed by atoms with E-state index in [0.717, 1.165) is 0 Å². The van der Waals surface area contributed by atoms with Gasteiger partial charge in [-0.3, -0.25) is 14.4 Å². The number of nitrogens with zero attached hydrogens (tertiary/aromatic N) is 1. The lowest BCUT2D eigenvalue weighted by atomic mass is 10.1. The number of hydrogen-bond donors (Lipinski definition) is 3. The maximum Gasteiger partial charge on any atom is 0.258 e. The summed E-state index contributed by atoms with van der Waals surface area (Å²) in [4.78, 5) is 43.1. The molecule has 0 spiro atoms. The molecule has 7 nitrogen and oxygen atoms in total. The van der Waals surface area contributed by atoms with Gasteiger partial charge in [-0.1, -0.05) is 12.1 Å². The van der Waals surface area contributed by atoms with E-state index in [0.29, 0.717) is 22.5 Å². The highest BCUT2D eigenvalue weighted by molar-refractivity contribution is 8.01. The van der Waals surface area contributed by atoms with E-state index < -0.39 is 10.8 Å². The van der Waals surface area contributed by atoms with Gasteiger partial charge in [0.2, 0.25) is 11.8 Å². The minimum Gasteiger partial charge on any atom is -0.347 e. The first-order valence-corrected chi connectivity index (χ1v) is 8.56. The summed E-state index contributed by atoms with van der Waals surface area (Å²) in [5.41, 5.74) is 0.335. The van der Waals surface area contributed by atoms with Crippen LogP contribution in [-0.4, -0.2) is 38.3 Å². The number of H-pyrrole nitrogens is 1. The zero-order chi connectivity index (χ0) is 17.3. The third-order valence-electron chi connectivity index (χ3n) is 3.87. The predicted octanol–water partition coefficient (Wildman–Crippen LogP) is 0.549. The van der Waals surface area contributed by atoms with Gasteiger partial charge in [0.1, 0.15) is 11.9 Å². The molecule has 1 aliphatic rings. The number of para-hydroxylation sites is 1. The second kappa shape index (κ2) is 6.27. The molecule has 3 N–H and O–H groups in total. The van der Waals surface area contributed by atoms with Crippen LogP contribution in [0.1, 0.15) is 19.7 Å². The Morgan fingerprint density at radius 3 is 2.88 bits per heavy atom. The van der Waals surface area contributed by atoms with Gasteiger partial charge in [0.25, 0.3) is 5.56 Å². The van der Waals surface area contributed by atoms with Crippen molar-refractivity contribution in [1.82, 2.24) is 20.6 Å². The van der Waals surface area contributed by atoms with Crippen LogP contribution in [0.2, 0.25) is 0 Å². The molecule has 8 heteroatoms. The van der Waals surface area contributed by atoms with Crippen LogP contribution in [-0.2, 0) is 16.1 Å². The third kappa shape index (κ3) is 3.28. The summed E-state index contributed by atoms with van der Waals surface area (Å²) < 4.78 is -0.526. The number of aromatic amines is 1. The Labute approximate surface area is 142 Å². The number of amides is 2. The monoisotopic (exact) mass is 346 g/mol. The summed E-state index contributed by atoms with van der Waals surface area (Å²) in [6, 6.07) is 6.43. The van der Waals surface area contributed by atoms with E-state index in [9.17, 15) is 14.4 Å². The number of thioether (sulfide) groups is 1. The van der Waals surface area contributed by atoms with Gasteiger partial charge in [0.05, 0.1) is 22.2 Å². The summed E-state index contributed by atoms with van der Waals surface area (Å²) in [7, 11) is 0. The average molecular weight is 346 g/mol. The topological polar surface area (TPSA) is 104 Å². The minimum atomic E-state index is -0.581. The van der Waals surface area contributed by atoms with Crippen molar-refractivity contribution in [3.8, 4) is 0 Å². The van der Waals surface area contributed by atoms with Crippen molar-refractivity contribution in [2.75, 3.05) is 5.75 Å².